The molecular weight excluding hydrogens is 176 g/mol. The molecule has 1 aromatic heterocycles. The van der Waals surface area contributed by atoms with Gasteiger partial charge in [-0.1, -0.05) is 26.8 Å². The summed E-state index contributed by atoms with van der Waals surface area (Å²) in [5, 5.41) is 17.7. The van der Waals surface area contributed by atoms with Gasteiger partial charge in [-0.25, -0.2) is 0 Å². The molecule has 0 atom stereocenters. The van der Waals surface area contributed by atoms with Gasteiger partial charge in [-0.2, -0.15) is 5.10 Å². The number of aromatic amines is 1. The van der Waals surface area contributed by atoms with Gasteiger partial charge in [-0.3, -0.25) is 5.10 Å². The van der Waals surface area contributed by atoms with Crippen LogP contribution in [0.1, 0.15) is 26.5 Å². The maximum atomic E-state index is 9.74. The van der Waals surface area contributed by atoms with Crippen molar-refractivity contribution < 1.29 is 5.11 Å². The van der Waals surface area contributed by atoms with Crippen LogP contribution in [-0.4, -0.2) is 15.3 Å². The molecule has 3 heteroatoms. The molecule has 0 amide bonds. The van der Waals surface area contributed by atoms with Crippen molar-refractivity contribution in [1.82, 2.24) is 10.2 Å². The van der Waals surface area contributed by atoms with Crippen LogP contribution >= 0.6 is 0 Å². The third kappa shape index (κ3) is 1.25. The number of nitrogens with zero attached hydrogens (tertiary/aromatic N) is 1. The first-order chi connectivity index (χ1) is 6.50. The zero-order valence-corrected chi connectivity index (χ0v) is 8.63. The van der Waals surface area contributed by atoms with E-state index < -0.39 is 0 Å². The highest BCUT2D eigenvalue weighted by atomic mass is 16.3. The lowest BCUT2D eigenvalue weighted by molar-refractivity contribution is 0.479. The number of fused-ring (bicyclic) bond motifs is 1. The summed E-state index contributed by atoms with van der Waals surface area (Å²) in [6, 6.07) is 5.37. The molecule has 3 nitrogen and oxygen atoms in total. The summed E-state index contributed by atoms with van der Waals surface area (Å²) in [5.41, 5.74) is 1.76. The van der Waals surface area contributed by atoms with Gasteiger partial charge in [0.05, 0.1) is 16.6 Å². The number of hydrogen-bond acceptors (Lipinski definition) is 2. The van der Waals surface area contributed by atoms with Crippen LogP contribution in [0.2, 0.25) is 0 Å². The summed E-state index contributed by atoms with van der Waals surface area (Å²) in [4.78, 5) is 0. The molecule has 1 heterocycles. The Hall–Kier alpha value is -1.51. The SMILES string of the molecule is CC(C)(C)c1[nH]nc2cccc(O)c12. The maximum Gasteiger partial charge on any atom is 0.126 e. The van der Waals surface area contributed by atoms with E-state index >= 15 is 0 Å². The van der Waals surface area contributed by atoms with Crippen molar-refractivity contribution in [3.05, 3.63) is 23.9 Å². The molecule has 0 aliphatic carbocycles. The van der Waals surface area contributed by atoms with Gasteiger partial charge in [0.1, 0.15) is 5.75 Å². The van der Waals surface area contributed by atoms with Crippen LogP contribution in [0.4, 0.5) is 0 Å². The minimum Gasteiger partial charge on any atom is -0.507 e. The van der Waals surface area contributed by atoms with E-state index in [2.05, 4.69) is 31.0 Å². The van der Waals surface area contributed by atoms with Crippen molar-refractivity contribution in [2.45, 2.75) is 26.2 Å². The molecule has 2 N–H and O–H groups in total. The molecule has 0 radical (unpaired) electrons. The number of nitrogens with one attached hydrogen (secondary N) is 1. The molecule has 0 fully saturated rings. The summed E-state index contributed by atoms with van der Waals surface area (Å²) in [7, 11) is 0. The summed E-state index contributed by atoms with van der Waals surface area (Å²) in [6.07, 6.45) is 0. The topological polar surface area (TPSA) is 48.9 Å². The van der Waals surface area contributed by atoms with Crippen molar-refractivity contribution in [1.29, 1.82) is 0 Å². The third-order valence-electron chi connectivity index (χ3n) is 2.31. The maximum absolute atomic E-state index is 9.74. The summed E-state index contributed by atoms with van der Waals surface area (Å²) < 4.78 is 0. The zero-order valence-electron chi connectivity index (χ0n) is 8.63. The molecule has 2 rings (SSSR count). The number of phenols is 1. The van der Waals surface area contributed by atoms with E-state index in [9.17, 15) is 5.11 Å². The third-order valence-corrected chi connectivity index (χ3v) is 2.31. The normalized spacial score (nSPS) is 12.2. The Labute approximate surface area is 82.8 Å². The largest absolute Gasteiger partial charge is 0.507 e. The fourth-order valence-electron chi connectivity index (χ4n) is 1.59. The predicted octanol–water partition coefficient (Wildman–Crippen LogP) is 2.57. The molecule has 1 aromatic carbocycles. The second kappa shape index (κ2) is 2.74. The highest BCUT2D eigenvalue weighted by molar-refractivity contribution is 5.88. The lowest BCUT2D eigenvalue weighted by atomic mass is 9.90. The number of aromatic hydroxyl groups is 1. The quantitative estimate of drug-likeness (QED) is 0.670. The lowest BCUT2D eigenvalue weighted by Crippen LogP contribution is -2.12. The monoisotopic (exact) mass is 190 g/mol. The molecule has 0 unspecified atom stereocenters. The fourth-order valence-corrected chi connectivity index (χ4v) is 1.59. The van der Waals surface area contributed by atoms with Crippen LogP contribution in [0.15, 0.2) is 18.2 Å². The van der Waals surface area contributed by atoms with E-state index in [0.717, 1.165) is 16.6 Å². The minimum atomic E-state index is -0.0341. The van der Waals surface area contributed by atoms with Gasteiger partial charge in [0.15, 0.2) is 0 Å². The van der Waals surface area contributed by atoms with Crippen LogP contribution < -0.4 is 0 Å². The van der Waals surface area contributed by atoms with Crippen molar-refractivity contribution in [3.8, 4) is 5.75 Å². The molecule has 0 bridgehead atoms. The van der Waals surface area contributed by atoms with Gasteiger partial charge in [-0.05, 0) is 12.1 Å². The molecule has 0 saturated heterocycles. The van der Waals surface area contributed by atoms with Crippen LogP contribution in [0, 0.1) is 0 Å². The number of hydrogen-bond donors (Lipinski definition) is 2. The van der Waals surface area contributed by atoms with Gasteiger partial charge in [0, 0.05) is 5.41 Å². The Bertz CT molecular complexity index is 466. The van der Waals surface area contributed by atoms with Crippen molar-refractivity contribution in [2.75, 3.05) is 0 Å². The summed E-state index contributed by atoms with van der Waals surface area (Å²) >= 11 is 0. The Morgan fingerprint density at radius 3 is 2.64 bits per heavy atom. The molecule has 0 saturated carbocycles. The molecule has 0 aliphatic rings. The van der Waals surface area contributed by atoms with E-state index in [1.54, 1.807) is 12.1 Å². The van der Waals surface area contributed by atoms with Crippen LogP contribution in [0.3, 0.4) is 0 Å². The van der Waals surface area contributed by atoms with Gasteiger partial charge < -0.3 is 5.11 Å². The van der Waals surface area contributed by atoms with Gasteiger partial charge in [0.2, 0.25) is 0 Å². The van der Waals surface area contributed by atoms with E-state index in [-0.39, 0.29) is 5.41 Å². The molecule has 14 heavy (non-hydrogen) atoms. The van der Waals surface area contributed by atoms with Gasteiger partial charge in [-0.15, -0.1) is 0 Å². The number of aromatic nitrogens is 2. The van der Waals surface area contributed by atoms with Crippen molar-refractivity contribution in [3.63, 3.8) is 0 Å². The molecule has 0 aliphatic heterocycles. The van der Waals surface area contributed by atoms with Crippen LogP contribution in [-0.2, 0) is 5.41 Å². The number of benzene rings is 1. The first-order valence-electron chi connectivity index (χ1n) is 4.66. The van der Waals surface area contributed by atoms with E-state index in [4.69, 9.17) is 0 Å². The van der Waals surface area contributed by atoms with Crippen LogP contribution in [0.5, 0.6) is 5.75 Å². The van der Waals surface area contributed by atoms with E-state index in [1.165, 1.54) is 0 Å². The van der Waals surface area contributed by atoms with E-state index in [1.807, 2.05) is 6.07 Å². The smallest absolute Gasteiger partial charge is 0.126 e. The Balaban J connectivity index is 2.80. The zero-order chi connectivity index (χ0) is 10.3. The molecule has 74 valence electrons. The molecular formula is C11H14N2O. The highest BCUT2D eigenvalue weighted by Gasteiger charge is 2.21. The minimum absolute atomic E-state index is 0.0341. The average Bonchev–Trinajstić information content (AvgIpc) is 2.47. The number of rotatable bonds is 0. The van der Waals surface area contributed by atoms with Crippen molar-refractivity contribution >= 4 is 10.9 Å². The second-order valence-electron chi connectivity index (χ2n) is 4.52. The standard InChI is InChI=1S/C11H14N2O/c1-11(2,3)10-9-7(12-13-10)5-4-6-8(9)14/h4-6,14H,1-3H3,(H,12,13). The van der Waals surface area contributed by atoms with Gasteiger partial charge >= 0.3 is 0 Å². The molecule has 0 spiro atoms. The Kier molecular flexibility index (Phi) is 1.77. The lowest BCUT2D eigenvalue weighted by Gasteiger charge is -2.16. The second-order valence-corrected chi connectivity index (χ2v) is 4.52. The van der Waals surface area contributed by atoms with E-state index in [0.29, 0.717) is 5.75 Å². The van der Waals surface area contributed by atoms with Crippen LogP contribution in [0.25, 0.3) is 10.9 Å². The first-order valence-corrected chi connectivity index (χ1v) is 4.66. The number of phenolic OH excluding ortho intramolecular Hbond substituents is 1. The first kappa shape index (κ1) is 9.06. The Morgan fingerprint density at radius 2 is 2.00 bits per heavy atom. The summed E-state index contributed by atoms with van der Waals surface area (Å²) in [5.74, 6) is 0.293. The summed E-state index contributed by atoms with van der Waals surface area (Å²) in [6.45, 7) is 6.27. The Morgan fingerprint density at radius 1 is 1.29 bits per heavy atom. The molecule has 2 aromatic rings. The highest BCUT2D eigenvalue weighted by Crippen LogP contribution is 2.32. The predicted molar refractivity (Wildman–Crippen MR) is 56.5 cm³/mol. The number of H-pyrrole nitrogens is 1. The average molecular weight is 190 g/mol. The fraction of sp³-hybridized carbons (Fsp3) is 0.364. The van der Waals surface area contributed by atoms with Gasteiger partial charge in [0.25, 0.3) is 0 Å². The van der Waals surface area contributed by atoms with Crippen molar-refractivity contribution in [2.24, 2.45) is 0 Å².